The number of nitrogens with two attached hydrogens (primary N) is 1. The number of halogens is 1. The van der Waals surface area contributed by atoms with Crippen molar-refractivity contribution in [3.8, 4) is 0 Å². The van der Waals surface area contributed by atoms with Gasteiger partial charge in [-0.15, -0.1) is 11.8 Å². The smallest absolute Gasteiger partial charge is 0.0419 e. The van der Waals surface area contributed by atoms with Gasteiger partial charge in [0.15, 0.2) is 0 Å². The number of thioether (sulfide) groups is 1. The topological polar surface area (TPSA) is 26.0 Å². The summed E-state index contributed by atoms with van der Waals surface area (Å²) in [5.41, 5.74) is 6.73. The van der Waals surface area contributed by atoms with Crippen LogP contribution in [0.4, 0.5) is 0 Å². The maximum absolute atomic E-state index is 5.96. The predicted molar refractivity (Wildman–Crippen MR) is 60.6 cm³/mol. The summed E-state index contributed by atoms with van der Waals surface area (Å²) in [4.78, 5) is 1.22. The molecule has 0 aliphatic rings. The van der Waals surface area contributed by atoms with Crippen LogP contribution in [0.5, 0.6) is 0 Å². The third-order valence-corrected chi connectivity index (χ3v) is 2.76. The maximum atomic E-state index is 5.96. The highest BCUT2D eigenvalue weighted by Crippen LogP contribution is 2.22. The molecule has 0 aromatic heterocycles. The molecule has 0 radical (unpaired) electrons. The molecule has 0 aliphatic heterocycles. The quantitative estimate of drug-likeness (QED) is 0.782. The van der Waals surface area contributed by atoms with Gasteiger partial charge in [0.2, 0.25) is 0 Å². The Bertz CT molecular complexity index is 276. The molecule has 3 heteroatoms. The van der Waals surface area contributed by atoms with E-state index in [9.17, 15) is 0 Å². The standard InChI is InChI=1S/C10H14ClNS/c1-13-10-6-8(3-2-4-12)5-9(11)7-10/h5-7H,2-4,12H2,1H3. The molecule has 13 heavy (non-hydrogen) atoms. The van der Waals surface area contributed by atoms with Crippen LogP contribution in [-0.4, -0.2) is 12.8 Å². The molecule has 0 spiro atoms. The van der Waals surface area contributed by atoms with Gasteiger partial charge in [-0.05, 0) is 49.4 Å². The lowest BCUT2D eigenvalue weighted by Gasteiger charge is -2.03. The van der Waals surface area contributed by atoms with Gasteiger partial charge in [-0.3, -0.25) is 0 Å². The van der Waals surface area contributed by atoms with Crippen LogP contribution in [0.2, 0.25) is 5.02 Å². The molecular weight excluding hydrogens is 202 g/mol. The largest absolute Gasteiger partial charge is 0.330 e. The van der Waals surface area contributed by atoms with E-state index in [1.165, 1.54) is 10.5 Å². The average Bonchev–Trinajstić information content (AvgIpc) is 2.14. The highest BCUT2D eigenvalue weighted by Gasteiger charge is 1.98. The number of benzene rings is 1. The van der Waals surface area contributed by atoms with Crippen LogP contribution in [0.25, 0.3) is 0 Å². The minimum atomic E-state index is 0.737. The fourth-order valence-electron chi connectivity index (χ4n) is 1.19. The number of hydrogen-bond donors (Lipinski definition) is 1. The number of hydrogen-bond acceptors (Lipinski definition) is 2. The van der Waals surface area contributed by atoms with Gasteiger partial charge in [0.25, 0.3) is 0 Å². The van der Waals surface area contributed by atoms with Gasteiger partial charge in [-0.2, -0.15) is 0 Å². The van der Waals surface area contributed by atoms with Crippen molar-refractivity contribution in [1.29, 1.82) is 0 Å². The predicted octanol–water partition coefficient (Wildman–Crippen LogP) is 2.95. The summed E-state index contributed by atoms with van der Waals surface area (Å²) in [5, 5.41) is 0.818. The van der Waals surface area contributed by atoms with Crippen molar-refractivity contribution >= 4 is 23.4 Å². The highest BCUT2D eigenvalue weighted by molar-refractivity contribution is 7.98. The van der Waals surface area contributed by atoms with E-state index in [0.29, 0.717) is 0 Å². The fraction of sp³-hybridized carbons (Fsp3) is 0.400. The Balaban J connectivity index is 2.76. The highest BCUT2D eigenvalue weighted by atomic mass is 35.5. The Kier molecular flexibility index (Phi) is 4.64. The molecule has 0 atom stereocenters. The van der Waals surface area contributed by atoms with Gasteiger partial charge >= 0.3 is 0 Å². The zero-order chi connectivity index (χ0) is 9.68. The lowest BCUT2D eigenvalue weighted by Crippen LogP contribution is -2.00. The van der Waals surface area contributed by atoms with Crippen molar-refractivity contribution in [2.24, 2.45) is 5.73 Å². The van der Waals surface area contributed by atoms with E-state index in [4.69, 9.17) is 17.3 Å². The Morgan fingerprint density at radius 2 is 2.15 bits per heavy atom. The molecule has 0 saturated heterocycles. The maximum Gasteiger partial charge on any atom is 0.0419 e. The van der Waals surface area contributed by atoms with E-state index in [2.05, 4.69) is 12.3 Å². The van der Waals surface area contributed by atoms with E-state index >= 15 is 0 Å². The lowest BCUT2D eigenvalue weighted by atomic mass is 10.1. The summed E-state index contributed by atoms with van der Waals surface area (Å²) in [6, 6.07) is 6.17. The molecule has 1 aromatic rings. The fourth-order valence-corrected chi connectivity index (χ4v) is 2.03. The van der Waals surface area contributed by atoms with E-state index in [1.807, 2.05) is 12.1 Å². The number of aryl methyl sites for hydroxylation is 1. The number of rotatable bonds is 4. The second-order valence-electron chi connectivity index (χ2n) is 2.89. The van der Waals surface area contributed by atoms with Gasteiger partial charge < -0.3 is 5.73 Å². The summed E-state index contributed by atoms with van der Waals surface area (Å²) in [5.74, 6) is 0. The second-order valence-corrected chi connectivity index (χ2v) is 4.21. The van der Waals surface area contributed by atoms with Gasteiger partial charge in [0, 0.05) is 9.92 Å². The molecular formula is C10H14ClNS. The van der Waals surface area contributed by atoms with Gasteiger partial charge in [0.05, 0.1) is 0 Å². The average molecular weight is 216 g/mol. The molecule has 1 rings (SSSR count). The molecule has 0 saturated carbocycles. The van der Waals surface area contributed by atoms with Crippen LogP contribution in [0.1, 0.15) is 12.0 Å². The Morgan fingerprint density at radius 1 is 1.38 bits per heavy atom. The first kappa shape index (κ1) is 10.9. The van der Waals surface area contributed by atoms with Crippen LogP contribution in [0, 0.1) is 0 Å². The molecule has 1 nitrogen and oxygen atoms in total. The molecule has 0 amide bonds. The SMILES string of the molecule is CSc1cc(Cl)cc(CCCN)c1. The molecule has 0 aliphatic carbocycles. The van der Waals surface area contributed by atoms with Gasteiger partial charge in [-0.1, -0.05) is 11.6 Å². The Hall–Kier alpha value is -0.180. The molecule has 0 unspecified atom stereocenters. The summed E-state index contributed by atoms with van der Waals surface area (Å²) < 4.78 is 0. The van der Waals surface area contributed by atoms with Crippen LogP contribution in [0.3, 0.4) is 0 Å². The Morgan fingerprint density at radius 3 is 2.77 bits per heavy atom. The molecule has 0 bridgehead atoms. The lowest BCUT2D eigenvalue weighted by molar-refractivity contribution is 0.831. The molecule has 0 fully saturated rings. The molecule has 0 heterocycles. The van der Waals surface area contributed by atoms with Crippen LogP contribution in [-0.2, 0) is 6.42 Å². The first-order valence-corrected chi connectivity index (χ1v) is 5.90. The van der Waals surface area contributed by atoms with Crippen molar-refractivity contribution in [3.05, 3.63) is 28.8 Å². The summed E-state index contributed by atoms with van der Waals surface area (Å²) in [6.45, 7) is 0.737. The minimum absolute atomic E-state index is 0.737. The van der Waals surface area contributed by atoms with Crippen LogP contribution in [0.15, 0.2) is 23.1 Å². The van der Waals surface area contributed by atoms with Crippen LogP contribution >= 0.6 is 23.4 Å². The summed E-state index contributed by atoms with van der Waals surface area (Å²) in [6.07, 6.45) is 4.09. The van der Waals surface area contributed by atoms with E-state index in [1.54, 1.807) is 11.8 Å². The van der Waals surface area contributed by atoms with Crippen molar-refractivity contribution in [2.75, 3.05) is 12.8 Å². The van der Waals surface area contributed by atoms with E-state index < -0.39 is 0 Å². The van der Waals surface area contributed by atoms with Crippen LogP contribution < -0.4 is 5.73 Å². The zero-order valence-electron chi connectivity index (χ0n) is 7.72. The summed E-state index contributed by atoms with van der Waals surface area (Å²) >= 11 is 7.68. The van der Waals surface area contributed by atoms with E-state index in [-0.39, 0.29) is 0 Å². The van der Waals surface area contributed by atoms with Gasteiger partial charge in [0.1, 0.15) is 0 Å². The third-order valence-electron chi connectivity index (χ3n) is 1.84. The van der Waals surface area contributed by atoms with Crippen molar-refractivity contribution in [3.63, 3.8) is 0 Å². The minimum Gasteiger partial charge on any atom is -0.330 e. The molecule has 72 valence electrons. The third kappa shape index (κ3) is 3.59. The van der Waals surface area contributed by atoms with Crippen molar-refractivity contribution < 1.29 is 0 Å². The van der Waals surface area contributed by atoms with Crippen molar-refractivity contribution in [1.82, 2.24) is 0 Å². The molecule has 1 aromatic carbocycles. The monoisotopic (exact) mass is 215 g/mol. The first-order valence-electron chi connectivity index (χ1n) is 4.30. The Labute approximate surface area is 88.7 Å². The normalized spacial score (nSPS) is 10.4. The first-order chi connectivity index (χ1) is 6.26. The zero-order valence-corrected chi connectivity index (χ0v) is 9.29. The van der Waals surface area contributed by atoms with Crippen molar-refractivity contribution in [2.45, 2.75) is 17.7 Å². The molecule has 2 N–H and O–H groups in total. The van der Waals surface area contributed by atoms with E-state index in [0.717, 1.165) is 24.4 Å². The summed E-state index contributed by atoms with van der Waals surface area (Å²) in [7, 11) is 0. The van der Waals surface area contributed by atoms with Gasteiger partial charge in [-0.25, -0.2) is 0 Å². The second kappa shape index (κ2) is 5.53.